The van der Waals surface area contributed by atoms with Crippen molar-refractivity contribution in [2.75, 3.05) is 30.7 Å². The molecule has 1 aromatic rings. The Balaban J connectivity index is 2.39. The van der Waals surface area contributed by atoms with Gasteiger partial charge in [0.2, 0.25) is 0 Å². The fourth-order valence-electron chi connectivity index (χ4n) is 2.16. The largest absolute Gasteiger partial charge is 0.396 e. The van der Waals surface area contributed by atoms with Gasteiger partial charge in [0.05, 0.1) is 16.4 Å². The van der Waals surface area contributed by atoms with E-state index in [4.69, 9.17) is 17.3 Å². The first-order valence-electron chi connectivity index (χ1n) is 7.11. The fourth-order valence-corrected chi connectivity index (χ4v) is 2.34. The molecule has 0 fully saturated rings. The number of halogens is 1. The van der Waals surface area contributed by atoms with Crippen LogP contribution in [-0.4, -0.2) is 30.6 Å². The van der Waals surface area contributed by atoms with Gasteiger partial charge in [-0.15, -0.1) is 0 Å². The van der Waals surface area contributed by atoms with Gasteiger partial charge in [0, 0.05) is 6.04 Å². The van der Waals surface area contributed by atoms with E-state index in [2.05, 4.69) is 31.0 Å². The zero-order valence-corrected chi connectivity index (χ0v) is 13.0. The van der Waals surface area contributed by atoms with Crippen LogP contribution in [0.2, 0.25) is 5.02 Å². The minimum absolute atomic E-state index is 0.399. The van der Waals surface area contributed by atoms with Crippen molar-refractivity contribution < 1.29 is 0 Å². The number of para-hydroxylation sites is 1. The molecule has 1 unspecified atom stereocenters. The standard InChI is InChI=1S/C15H26ClN3/c1-4-19(5-2)11-7-8-12(3)18-14-10-6-9-13(16)15(14)17/h6,9-10,12,18H,4-5,7-8,11,17H2,1-3H3. The molecular weight excluding hydrogens is 258 g/mol. The van der Waals surface area contributed by atoms with Crippen molar-refractivity contribution in [2.24, 2.45) is 0 Å². The molecule has 1 atom stereocenters. The van der Waals surface area contributed by atoms with Gasteiger partial charge in [-0.3, -0.25) is 0 Å². The smallest absolute Gasteiger partial charge is 0.0739 e. The molecule has 3 nitrogen and oxygen atoms in total. The van der Waals surface area contributed by atoms with E-state index < -0.39 is 0 Å². The Hall–Kier alpha value is -0.930. The highest BCUT2D eigenvalue weighted by Gasteiger charge is 2.07. The maximum Gasteiger partial charge on any atom is 0.0739 e. The molecule has 0 bridgehead atoms. The van der Waals surface area contributed by atoms with Gasteiger partial charge in [-0.1, -0.05) is 31.5 Å². The van der Waals surface area contributed by atoms with E-state index in [1.165, 1.54) is 6.42 Å². The maximum absolute atomic E-state index is 6.01. The first-order chi connectivity index (χ1) is 9.08. The second kappa shape index (κ2) is 8.28. The lowest BCUT2D eigenvalue weighted by Gasteiger charge is -2.21. The average Bonchev–Trinajstić information content (AvgIpc) is 2.40. The van der Waals surface area contributed by atoms with Crippen LogP contribution in [0, 0.1) is 0 Å². The van der Waals surface area contributed by atoms with Gasteiger partial charge in [0.15, 0.2) is 0 Å². The second-order valence-corrected chi connectivity index (χ2v) is 5.32. The highest BCUT2D eigenvalue weighted by Crippen LogP contribution is 2.27. The minimum atomic E-state index is 0.399. The zero-order valence-electron chi connectivity index (χ0n) is 12.2. The normalized spacial score (nSPS) is 12.7. The van der Waals surface area contributed by atoms with Crippen molar-refractivity contribution in [1.29, 1.82) is 0 Å². The maximum atomic E-state index is 6.01. The van der Waals surface area contributed by atoms with E-state index in [1.54, 1.807) is 0 Å². The molecule has 0 aliphatic rings. The Morgan fingerprint density at radius 3 is 2.63 bits per heavy atom. The van der Waals surface area contributed by atoms with Crippen LogP contribution < -0.4 is 11.1 Å². The van der Waals surface area contributed by atoms with Gasteiger partial charge in [-0.05, 0) is 51.5 Å². The first-order valence-corrected chi connectivity index (χ1v) is 7.49. The molecule has 108 valence electrons. The number of hydrogen-bond acceptors (Lipinski definition) is 3. The summed E-state index contributed by atoms with van der Waals surface area (Å²) in [6.45, 7) is 10.0. The molecule has 0 aliphatic heterocycles. The number of nitrogens with zero attached hydrogens (tertiary/aromatic N) is 1. The number of anilines is 2. The van der Waals surface area contributed by atoms with E-state index >= 15 is 0 Å². The van der Waals surface area contributed by atoms with Crippen molar-refractivity contribution in [2.45, 2.75) is 39.7 Å². The van der Waals surface area contributed by atoms with Crippen LogP contribution in [-0.2, 0) is 0 Å². The molecule has 0 spiro atoms. The SMILES string of the molecule is CCN(CC)CCCC(C)Nc1cccc(Cl)c1N. The number of benzene rings is 1. The number of hydrogen-bond donors (Lipinski definition) is 2. The molecule has 1 aromatic carbocycles. The molecule has 19 heavy (non-hydrogen) atoms. The predicted octanol–water partition coefficient (Wildman–Crippen LogP) is 3.84. The lowest BCUT2D eigenvalue weighted by molar-refractivity contribution is 0.295. The third kappa shape index (κ3) is 5.29. The van der Waals surface area contributed by atoms with Crippen molar-refractivity contribution in [3.8, 4) is 0 Å². The molecule has 0 aromatic heterocycles. The van der Waals surface area contributed by atoms with Gasteiger partial charge < -0.3 is 16.0 Å². The van der Waals surface area contributed by atoms with Crippen molar-refractivity contribution >= 4 is 23.0 Å². The quantitative estimate of drug-likeness (QED) is 0.712. The summed E-state index contributed by atoms with van der Waals surface area (Å²) in [4.78, 5) is 2.44. The summed E-state index contributed by atoms with van der Waals surface area (Å²) in [7, 11) is 0. The zero-order chi connectivity index (χ0) is 14.3. The molecule has 0 amide bonds. The lowest BCUT2D eigenvalue weighted by atomic mass is 10.1. The molecule has 0 heterocycles. The summed E-state index contributed by atoms with van der Waals surface area (Å²) >= 11 is 6.01. The van der Waals surface area contributed by atoms with Crippen LogP contribution in [0.4, 0.5) is 11.4 Å². The van der Waals surface area contributed by atoms with Gasteiger partial charge in [-0.25, -0.2) is 0 Å². The van der Waals surface area contributed by atoms with Crippen LogP contribution in [0.15, 0.2) is 18.2 Å². The predicted molar refractivity (Wildman–Crippen MR) is 86.0 cm³/mol. The Bertz CT molecular complexity index is 378. The fraction of sp³-hybridized carbons (Fsp3) is 0.600. The monoisotopic (exact) mass is 283 g/mol. The van der Waals surface area contributed by atoms with Gasteiger partial charge in [0.1, 0.15) is 0 Å². The summed E-state index contributed by atoms with van der Waals surface area (Å²) in [6, 6.07) is 6.11. The van der Waals surface area contributed by atoms with Gasteiger partial charge in [-0.2, -0.15) is 0 Å². The molecule has 3 N–H and O–H groups in total. The van der Waals surface area contributed by atoms with Crippen molar-refractivity contribution in [1.82, 2.24) is 4.90 Å². The minimum Gasteiger partial charge on any atom is -0.396 e. The molecule has 0 saturated carbocycles. The molecular formula is C15H26ClN3. The number of nitrogens with one attached hydrogen (secondary N) is 1. The molecule has 0 radical (unpaired) electrons. The number of rotatable bonds is 8. The first kappa shape index (κ1) is 16.1. The summed E-state index contributed by atoms with van der Waals surface area (Å²) < 4.78 is 0. The summed E-state index contributed by atoms with van der Waals surface area (Å²) in [6.07, 6.45) is 2.32. The second-order valence-electron chi connectivity index (χ2n) is 4.92. The van der Waals surface area contributed by atoms with E-state index in [9.17, 15) is 0 Å². The van der Waals surface area contributed by atoms with Crippen LogP contribution in [0.5, 0.6) is 0 Å². The number of nitrogens with two attached hydrogens (primary N) is 1. The summed E-state index contributed by atoms with van der Waals surface area (Å²) in [5, 5.41) is 4.04. The van der Waals surface area contributed by atoms with Crippen LogP contribution >= 0.6 is 11.6 Å². The summed E-state index contributed by atoms with van der Waals surface area (Å²) in [5.74, 6) is 0. The van der Waals surface area contributed by atoms with Crippen LogP contribution in [0.3, 0.4) is 0 Å². The van der Waals surface area contributed by atoms with Crippen molar-refractivity contribution in [3.63, 3.8) is 0 Å². The van der Waals surface area contributed by atoms with E-state index in [-0.39, 0.29) is 0 Å². The Morgan fingerprint density at radius 2 is 2.00 bits per heavy atom. The van der Waals surface area contributed by atoms with Crippen molar-refractivity contribution in [3.05, 3.63) is 23.2 Å². The Kier molecular flexibility index (Phi) is 7.03. The average molecular weight is 284 g/mol. The van der Waals surface area contributed by atoms with Crippen LogP contribution in [0.1, 0.15) is 33.6 Å². The van der Waals surface area contributed by atoms with Gasteiger partial charge in [0.25, 0.3) is 0 Å². The van der Waals surface area contributed by atoms with E-state index in [0.29, 0.717) is 16.8 Å². The Labute approximate surface area is 122 Å². The molecule has 0 saturated heterocycles. The third-order valence-electron chi connectivity index (χ3n) is 3.46. The number of nitrogen functional groups attached to an aromatic ring is 1. The van der Waals surface area contributed by atoms with E-state index in [0.717, 1.165) is 31.7 Å². The Morgan fingerprint density at radius 1 is 1.32 bits per heavy atom. The topological polar surface area (TPSA) is 41.3 Å². The molecule has 4 heteroatoms. The van der Waals surface area contributed by atoms with Crippen LogP contribution in [0.25, 0.3) is 0 Å². The highest BCUT2D eigenvalue weighted by molar-refractivity contribution is 6.33. The summed E-state index contributed by atoms with van der Waals surface area (Å²) in [5.41, 5.74) is 7.52. The molecule has 1 rings (SSSR count). The third-order valence-corrected chi connectivity index (χ3v) is 3.79. The van der Waals surface area contributed by atoms with E-state index in [1.807, 2.05) is 18.2 Å². The molecule has 0 aliphatic carbocycles. The lowest BCUT2D eigenvalue weighted by Crippen LogP contribution is -2.25. The highest BCUT2D eigenvalue weighted by atomic mass is 35.5. The van der Waals surface area contributed by atoms with Gasteiger partial charge >= 0.3 is 0 Å².